The number of hydrogen-bond acceptors (Lipinski definition) is 4. The van der Waals surface area contributed by atoms with Gasteiger partial charge in [0.15, 0.2) is 5.78 Å². The average Bonchev–Trinajstić information content (AvgIpc) is 3.24. The van der Waals surface area contributed by atoms with Gasteiger partial charge in [-0.05, 0) is 62.1 Å². The maximum atomic E-state index is 12.7. The molecule has 1 saturated heterocycles. The summed E-state index contributed by atoms with van der Waals surface area (Å²) >= 11 is 0. The highest BCUT2D eigenvalue weighted by molar-refractivity contribution is 7.89. The van der Waals surface area contributed by atoms with Gasteiger partial charge in [-0.3, -0.25) is 9.59 Å². The number of Topliss-reactive ketones (excluding diaryl/α,β-unsaturated/α-hetero) is 1. The monoisotopic (exact) mass is 414 g/mol. The number of benzene rings is 2. The summed E-state index contributed by atoms with van der Waals surface area (Å²) in [6.07, 6.45) is 1.86. The molecule has 29 heavy (non-hydrogen) atoms. The lowest BCUT2D eigenvalue weighted by molar-refractivity contribution is -0.116. The van der Waals surface area contributed by atoms with Gasteiger partial charge in [-0.25, -0.2) is 8.42 Å². The highest BCUT2D eigenvalue weighted by Crippen LogP contribution is 2.23. The van der Waals surface area contributed by atoms with E-state index in [2.05, 4.69) is 5.32 Å². The molecule has 0 aromatic heterocycles. The predicted molar refractivity (Wildman–Crippen MR) is 113 cm³/mol. The lowest BCUT2D eigenvalue weighted by atomic mass is 10.0. The van der Waals surface area contributed by atoms with Crippen LogP contribution in [0.15, 0.2) is 47.4 Å². The van der Waals surface area contributed by atoms with Crippen molar-refractivity contribution in [1.82, 2.24) is 4.31 Å². The van der Waals surface area contributed by atoms with Gasteiger partial charge in [0.2, 0.25) is 15.9 Å². The molecule has 0 saturated carbocycles. The Kier molecular flexibility index (Phi) is 6.49. The second-order valence-corrected chi connectivity index (χ2v) is 9.35. The van der Waals surface area contributed by atoms with Gasteiger partial charge in [-0.1, -0.05) is 18.2 Å². The molecular weight excluding hydrogens is 388 g/mol. The van der Waals surface area contributed by atoms with Crippen LogP contribution in [0.1, 0.15) is 47.2 Å². The zero-order valence-corrected chi connectivity index (χ0v) is 17.6. The number of carbonyl (C=O) groups is 2. The molecule has 1 N–H and O–H groups in total. The molecule has 6 nitrogen and oxygen atoms in total. The molecule has 2 aromatic rings. The molecule has 0 atom stereocenters. The van der Waals surface area contributed by atoms with E-state index < -0.39 is 10.0 Å². The van der Waals surface area contributed by atoms with E-state index >= 15 is 0 Å². The fourth-order valence-corrected chi connectivity index (χ4v) is 4.89. The number of amides is 1. The predicted octanol–water partition coefficient (Wildman–Crippen LogP) is 3.69. The van der Waals surface area contributed by atoms with Crippen LogP contribution in [0.4, 0.5) is 5.69 Å². The molecule has 7 heteroatoms. The van der Waals surface area contributed by atoms with Gasteiger partial charge < -0.3 is 5.32 Å². The van der Waals surface area contributed by atoms with Gasteiger partial charge >= 0.3 is 0 Å². The van der Waals surface area contributed by atoms with Crippen LogP contribution in [0.2, 0.25) is 0 Å². The Morgan fingerprint density at radius 1 is 0.966 bits per heavy atom. The third kappa shape index (κ3) is 5.10. The zero-order chi connectivity index (χ0) is 21.0. The third-order valence-corrected chi connectivity index (χ3v) is 7.12. The van der Waals surface area contributed by atoms with Crippen molar-refractivity contribution in [1.29, 1.82) is 0 Å². The van der Waals surface area contributed by atoms with Crippen LogP contribution in [0.3, 0.4) is 0 Å². The first-order valence-electron chi connectivity index (χ1n) is 9.78. The first-order valence-corrected chi connectivity index (χ1v) is 11.2. The van der Waals surface area contributed by atoms with Crippen LogP contribution in [0.25, 0.3) is 0 Å². The standard InChI is InChI=1S/C22H26N2O4S/c1-16-8-9-18(14-17(16)2)21(25)10-11-22(26)23-19-6-5-7-20(15-19)29(27,28)24-12-3-4-13-24/h5-9,14-15H,3-4,10-13H2,1-2H3,(H,23,26). The summed E-state index contributed by atoms with van der Waals surface area (Å²) in [5.74, 6) is -0.411. The Bertz CT molecular complexity index is 1020. The molecule has 1 heterocycles. The minimum atomic E-state index is -3.54. The largest absolute Gasteiger partial charge is 0.326 e. The van der Waals surface area contributed by atoms with E-state index in [9.17, 15) is 18.0 Å². The zero-order valence-electron chi connectivity index (χ0n) is 16.8. The van der Waals surface area contributed by atoms with Crippen LogP contribution < -0.4 is 5.32 Å². The quantitative estimate of drug-likeness (QED) is 0.701. The summed E-state index contributed by atoms with van der Waals surface area (Å²) in [7, 11) is -3.54. The fraction of sp³-hybridized carbons (Fsp3) is 0.364. The van der Waals surface area contributed by atoms with E-state index in [4.69, 9.17) is 0 Å². The molecule has 1 aliphatic heterocycles. The molecule has 0 unspecified atom stereocenters. The summed E-state index contributed by atoms with van der Waals surface area (Å²) in [5.41, 5.74) is 3.16. The van der Waals surface area contributed by atoms with Crippen LogP contribution in [0, 0.1) is 13.8 Å². The highest BCUT2D eigenvalue weighted by Gasteiger charge is 2.27. The molecule has 2 aromatic carbocycles. The minimum Gasteiger partial charge on any atom is -0.326 e. The first kappa shape index (κ1) is 21.2. The fourth-order valence-electron chi connectivity index (χ4n) is 3.32. The maximum Gasteiger partial charge on any atom is 0.243 e. The summed E-state index contributed by atoms with van der Waals surface area (Å²) in [6.45, 7) is 4.98. The van der Waals surface area contributed by atoms with Crippen LogP contribution in [-0.2, 0) is 14.8 Å². The van der Waals surface area contributed by atoms with E-state index in [-0.39, 0.29) is 29.4 Å². The summed E-state index contributed by atoms with van der Waals surface area (Å²) in [4.78, 5) is 24.8. The normalized spacial score (nSPS) is 14.7. The second-order valence-electron chi connectivity index (χ2n) is 7.41. The average molecular weight is 415 g/mol. The van der Waals surface area contributed by atoms with Crippen molar-refractivity contribution in [2.45, 2.75) is 44.4 Å². The second kappa shape index (κ2) is 8.88. The van der Waals surface area contributed by atoms with E-state index in [0.29, 0.717) is 24.3 Å². The maximum absolute atomic E-state index is 12.7. The number of nitrogens with one attached hydrogen (secondary N) is 1. The molecule has 1 amide bonds. The molecule has 1 aliphatic rings. The molecule has 0 radical (unpaired) electrons. The summed E-state index contributed by atoms with van der Waals surface area (Å²) in [5, 5.41) is 2.70. The molecular formula is C22H26N2O4S. The molecule has 0 spiro atoms. The van der Waals surface area contributed by atoms with Crippen LogP contribution in [-0.4, -0.2) is 37.5 Å². The van der Waals surface area contributed by atoms with Crippen molar-refractivity contribution >= 4 is 27.4 Å². The van der Waals surface area contributed by atoms with Gasteiger partial charge in [-0.15, -0.1) is 0 Å². The van der Waals surface area contributed by atoms with Crippen molar-refractivity contribution in [3.63, 3.8) is 0 Å². The smallest absolute Gasteiger partial charge is 0.243 e. The number of rotatable bonds is 7. The van der Waals surface area contributed by atoms with Gasteiger partial charge in [-0.2, -0.15) is 4.31 Å². The molecule has 3 rings (SSSR count). The number of ketones is 1. The Morgan fingerprint density at radius 3 is 2.38 bits per heavy atom. The lowest BCUT2D eigenvalue weighted by Crippen LogP contribution is -2.27. The topological polar surface area (TPSA) is 83.5 Å². The lowest BCUT2D eigenvalue weighted by Gasteiger charge is -2.16. The van der Waals surface area contributed by atoms with Crippen LogP contribution in [0.5, 0.6) is 0 Å². The summed E-state index contributed by atoms with van der Waals surface area (Å²) in [6, 6.07) is 11.8. The Labute approximate surface area is 172 Å². The highest BCUT2D eigenvalue weighted by atomic mass is 32.2. The molecule has 0 aliphatic carbocycles. The van der Waals surface area contributed by atoms with E-state index in [1.54, 1.807) is 18.2 Å². The third-order valence-electron chi connectivity index (χ3n) is 5.23. The van der Waals surface area contributed by atoms with Crippen molar-refractivity contribution in [3.8, 4) is 0 Å². The van der Waals surface area contributed by atoms with Crippen molar-refractivity contribution in [3.05, 3.63) is 59.2 Å². The van der Waals surface area contributed by atoms with Crippen molar-refractivity contribution in [2.75, 3.05) is 18.4 Å². The van der Waals surface area contributed by atoms with Gasteiger partial charge in [0.1, 0.15) is 0 Å². The van der Waals surface area contributed by atoms with Crippen LogP contribution >= 0.6 is 0 Å². The number of anilines is 1. The molecule has 1 fully saturated rings. The first-order chi connectivity index (χ1) is 13.8. The Morgan fingerprint density at radius 2 is 1.69 bits per heavy atom. The van der Waals surface area contributed by atoms with Crippen molar-refractivity contribution in [2.24, 2.45) is 0 Å². The van der Waals surface area contributed by atoms with E-state index in [1.807, 2.05) is 26.0 Å². The molecule has 154 valence electrons. The Hall–Kier alpha value is -2.51. The number of carbonyl (C=O) groups excluding carboxylic acids is 2. The number of hydrogen-bond donors (Lipinski definition) is 1. The van der Waals surface area contributed by atoms with E-state index in [0.717, 1.165) is 24.0 Å². The number of nitrogens with zero attached hydrogens (tertiary/aromatic N) is 1. The van der Waals surface area contributed by atoms with Gasteiger partial charge in [0, 0.05) is 37.2 Å². The summed E-state index contributed by atoms with van der Waals surface area (Å²) < 4.78 is 26.8. The van der Waals surface area contributed by atoms with Crippen molar-refractivity contribution < 1.29 is 18.0 Å². The number of sulfonamides is 1. The van der Waals surface area contributed by atoms with Gasteiger partial charge in [0.05, 0.1) is 4.90 Å². The minimum absolute atomic E-state index is 0.0366. The van der Waals surface area contributed by atoms with Gasteiger partial charge in [0.25, 0.3) is 0 Å². The Balaban J connectivity index is 1.60. The molecule has 0 bridgehead atoms. The number of aryl methyl sites for hydroxylation is 2. The SMILES string of the molecule is Cc1ccc(C(=O)CCC(=O)Nc2cccc(S(=O)(=O)N3CCCC3)c2)cc1C. The van der Waals surface area contributed by atoms with E-state index in [1.165, 1.54) is 16.4 Å².